The van der Waals surface area contributed by atoms with E-state index in [-0.39, 0.29) is 18.4 Å². The molecular weight excluding hydrogens is 192 g/mol. The third-order valence-corrected chi connectivity index (χ3v) is 1.43. The Kier molecular flexibility index (Phi) is 5.50. The van der Waals surface area contributed by atoms with E-state index in [0.29, 0.717) is 0 Å². The lowest BCUT2D eigenvalue weighted by Crippen LogP contribution is -2.08. The number of aliphatic hydroxyl groups is 2. The molecule has 0 fully saturated rings. The summed E-state index contributed by atoms with van der Waals surface area (Å²) >= 11 is 0. The molecular formula is C8H12O6. The second-order valence-corrected chi connectivity index (χ2v) is 2.66. The number of carboxylic acids is 2. The molecule has 0 aromatic heterocycles. The Labute approximate surface area is 80.1 Å². The van der Waals surface area contributed by atoms with Gasteiger partial charge in [0.1, 0.15) is 0 Å². The summed E-state index contributed by atoms with van der Waals surface area (Å²) in [4.78, 5) is 20.7. The molecule has 0 aromatic rings. The molecule has 0 radical (unpaired) electrons. The molecule has 0 aliphatic carbocycles. The summed E-state index contributed by atoms with van der Waals surface area (Å²) in [5.41, 5.74) is -0.252. The lowest BCUT2D eigenvalue weighted by molar-refractivity contribution is -0.139. The molecule has 0 saturated heterocycles. The van der Waals surface area contributed by atoms with Crippen molar-refractivity contribution in [1.82, 2.24) is 0 Å². The minimum atomic E-state index is -1.51. The van der Waals surface area contributed by atoms with Gasteiger partial charge in [-0.15, -0.1) is 0 Å². The Morgan fingerprint density at radius 1 is 1.21 bits per heavy atom. The van der Waals surface area contributed by atoms with E-state index in [0.717, 1.165) is 0 Å². The Morgan fingerprint density at radius 2 is 1.79 bits per heavy atom. The number of aliphatic hydroxyl groups excluding tert-OH is 1. The number of hydrogen-bond donors (Lipinski definition) is 4. The van der Waals surface area contributed by atoms with Gasteiger partial charge in [0.25, 0.3) is 0 Å². The van der Waals surface area contributed by atoms with Crippen LogP contribution in [-0.2, 0) is 9.59 Å². The highest BCUT2D eigenvalue weighted by Gasteiger charge is 2.11. The van der Waals surface area contributed by atoms with Crippen LogP contribution in [0.15, 0.2) is 11.6 Å². The third kappa shape index (κ3) is 6.15. The molecule has 0 amide bonds. The van der Waals surface area contributed by atoms with Gasteiger partial charge in [0, 0.05) is 12.0 Å². The monoisotopic (exact) mass is 204 g/mol. The van der Waals surface area contributed by atoms with Crippen LogP contribution < -0.4 is 0 Å². The van der Waals surface area contributed by atoms with E-state index < -0.39 is 24.6 Å². The van der Waals surface area contributed by atoms with E-state index in [1.54, 1.807) is 0 Å². The number of hydrogen-bond acceptors (Lipinski definition) is 4. The van der Waals surface area contributed by atoms with Gasteiger partial charge in [-0.1, -0.05) is 6.08 Å². The van der Waals surface area contributed by atoms with Crippen molar-refractivity contribution in [2.24, 2.45) is 0 Å². The van der Waals surface area contributed by atoms with Crippen LogP contribution in [0.3, 0.4) is 0 Å². The highest BCUT2D eigenvalue weighted by Crippen LogP contribution is 2.05. The van der Waals surface area contributed by atoms with Gasteiger partial charge in [0.05, 0.1) is 6.42 Å². The molecule has 0 atom stereocenters. The summed E-state index contributed by atoms with van der Waals surface area (Å²) < 4.78 is 0. The summed E-state index contributed by atoms with van der Waals surface area (Å²) in [5.74, 6) is -2.54. The highest BCUT2D eigenvalue weighted by molar-refractivity contribution is 5.91. The SMILES string of the molecule is O=C(O)CC(=CCCC(O)O)C(=O)O. The van der Waals surface area contributed by atoms with Crippen molar-refractivity contribution < 1.29 is 30.0 Å². The van der Waals surface area contributed by atoms with E-state index in [2.05, 4.69) is 0 Å². The van der Waals surface area contributed by atoms with Gasteiger partial charge in [-0.3, -0.25) is 4.79 Å². The first kappa shape index (κ1) is 12.6. The van der Waals surface area contributed by atoms with E-state index in [9.17, 15) is 9.59 Å². The molecule has 0 spiro atoms. The first-order valence-electron chi connectivity index (χ1n) is 3.93. The summed E-state index contributed by atoms with van der Waals surface area (Å²) in [6, 6.07) is 0. The number of carbonyl (C=O) groups is 2. The van der Waals surface area contributed by atoms with Crippen molar-refractivity contribution in [2.75, 3.05) is 0 Å². The van der Waals surface area contributed by atoms with Crippen LogP contribution in [0.25, 0.3) is 0 Å². The molecule has 0 aliphatic heterocycles. The molecule has 6 heteroatoms. The maximum atomic E-state index is 10.5. The quantitative estimate of drug-likeness (QED) is 0.344. The van der Waals surface area contributed by atoms with Crippen molar-refractivity contribution in [3.05, 3.63) is 11.6 Å². The normalized spacial score (nSPS) is 11.8. The van der Waals surface area contributed by atoms with Crippen molar-refractivity contribution in [3.63, 3.8) is 0 Å². The number of carboxylic acid groups (broad SMARTS) is 2. The molecule has 80 valence electrons. The second kappa shape index (κ2) is 6.11. The number of allylic oxidation sites excluding steroid dienone is 1. The van der Waals surface area contributed by atoms with E-state index in [1.807, 2.05) is 0 Å². The van der Waals surface area contributed by atoms with E-state index in [1.165, 1.54) is 6.08 Å². The van der Waals surface area contributed by atoms with Crippen molar-refractivity contribution >= 4 is 11.9 Å². The van der Waals surface area contributed by atoms with Gasteiger partial charge in [-0.25, -0.2) is 4.79 Å². The standard InChI is InChI=1S/C8H12O6/c9-6(10)3-1-2-5(8(13)14)4-7(11)12/h2,6,9-10H,1,3-4H2,(H,11,12)(H,13,14). The molecule has 0 rings (SSSR count). The largest absolute Gasteiger partial charge is 0.481 e. The molecule has 4 N–H and O–H groups in total. The summed E-state index contributed by atoms with van der Waals surface area (Å²) in [6.45, 7) is 0. The highest BCUT2D eigenvalue weighted by atomic mass is 16.5. The lowest BCUT2D eigenvalue weighted by Gasteiger charge is -2.00. The van der Waals surface area contributed by atoms with Gasteiger partial charge in [0.2, 0.25) is 0 Å². The fraction of sp³-hybridized carbons (Fsp3) is 0.500. The van der Waals surface area contributed by atoms with Crippen molar-refractivity contribution in [1.29, 1.82) is 0 Å². The molecule has 0 unspecified atom stereocenters. The van der Waals surface area contributed by atoms with Crippen LogP contribution in [0.5, 0.6) is 0 Å². The van der Waals surface area contributed by atoms with E-state index in [4.69, 9.17) is 20.4 Å². The Bertz CT molecular complexity index is 242. The number of rotatable bonds is 6. The van der Waals surface area contributed by atoms with Crippen LogP contribution in [0.1, 0.15) is 19.3 Å². The smallest absolute Gasteiger partial charge is 0.331 e. The predicted octanol–water partition coefficient (Wildman–Crippen LogP) is -0.437. The van der Waals surface area contributed by atoms with E-state index >= 15 is 0 Å². The zero-order valence-corrected chi connectivity index (χ0v) is 7.38. The summed E-state index contributed by atoms with van der Waals surface area (Å²) in [5, 5.41) is 33.8. The molecule has 6 nitrogen and oxygen atoms in total. The number of aliphatic carboxylic acids is 2. The second-order valence-electron chi connectivity index (χ2n) is 2.66. The first-order valence-corrected chi connectivity index (χ1v) is 3.93. The van der Waals surface area contributed by atoms with Crippen molar-refractivity contribution in [2.45, 2.75) is 25.6 Å². The maximum absolute atomic E-state index is 10.5. The summed E-state index contributed by atoms with van der Waals surface area (Å²) in [7, 11) is 0. The minimum absolute atomic E-state index is 0.0175. The van der Waals surface area contributed by atoms with Crippen LogP contribution >= 0.6 is 0 Å². The maximum Gasteiger partial charge on any atom is 0.331 e. The molecule has 0 saturated carbocycles. The van der Waals surface area contributed by atoms with Gasteiger partial charge >= 0.3 is 11.9 Å². The molecule has 0 aliphatic rings. The predicted molar refractivity (Wildman–Crippen MR) is 45.4 cm³/mol. The topological polar surface area (TPSA) is 115 Å². The molecule has 0 bridgehead atoms. The van der Waals surface area contributed by atoms with Gasteiger partial charge in [-0.05, 0) is 6.42 Å². The lowest BCUT2D eigenvalue weighted by atomic mass is 10.1. The van der Waals surface area contributed by atoms with Crippen LogP contribution in [0.4, 0.5) is 0 Å². The molecule has 0 aromatic carbocycles. The fourth-order valence-electron chi connectivity index (χ4n) is 0.805. The van der Waals surface area contributed by atoms with Gasteiger partial charge < -0.3 is 20.4 Å². The fourth-order valence-corrected chi connectivity index (χ4v) is 0.805. The summed E-state index contributed by atoms with van der Waals surface area (Å²) in [6.07, 6.45) is -0.804. The Hall–Kier alpha value is -1.40. The zero-order chi connectivity index (χ0) is 11.1. The molecule has 14 heavy (non-hydrogen) atoms. The van der Waals surface area contributed by atoms with Gasteiger partial charge in [-0.2, -0.15) is 0 Å². The zero-order valence-electron chi connectivity index (χ0n) is 7.38. The first-order chi connectivity index (χ1) is 6.43. The van der Waals surface area contributed by atoms with Crippen LogP contribution in [0, 0.1) is 0 Å². The minimum Gasteiger partial charge on any atom is -0.481 e. The Balaban J connectivity index is 4.19. The average molecular weight is 204 g/mol. The van der Waals surface area contributed by atoms with Gasteiger partial charge in [0.15, 0.2) is 6.29 Å². The van der Waals surface area contributed by atoms with Crippen LogP contribution in [-0.4, -0.2) is 38.7 Å². The van der Waals surface area contributed by atoms with Crippen molar-refractivity contribution in [3.8, 4) is 0 Å². The van der Waals surface area contributed by atoms with Crippen LogP contribution in [0.2, 0.25) is 0 Å². The average Bonchev–Trinajstić information content (AvgIpc) is 2.00. The molecule has 0 heterocycles. The Morgan fingerprint density at radius 3 is 2.14 bits per heavy atom. The third-order valence-electron chi connectivity index (χ3n) is 1.43.